The number of esters is 1. The van der Waals surface area contributed by atoms with E-state index in [0.717, 1.165) is 27.8 Å². The van der Waals surface area contributed by atoms with Gasteiger partial charge < -0.3 is 33.7 Å². The number of aryl methyl sites for hydroxylation is 3. The minimum Gasteiger partial charge on any atom is -0.493 e. The van der Waals surface area contributed by atoms with E-state index in [1.807, 2.05) is 45.0 Å². The maximum Gasteiger partial charge on any atom is 0.331 e. The number of ether oxygens (including phenoxy) is 6. The van der Waals surface area contributed by atoms with Crippen molar-refractivity contribution < 1.29 is 38.0 Å². The Kier molecular flexibility index (Phi) is 11.6. The second kappa shape index (κ2) is 15.3. The molecule has 3 aromatic rings. The summed E-state index contributed by atoms with van der Waals surface area (Å²) in [7, 11) is 7.70. The molecule has 1 atom stereocenters. The third-order valence-electron chi connectivity index (χ3n) is 6.84. The normalized spacial score (nSPS) is 11.7. The second-order valence-electron chi connectivity index (χ2n) is 9.71. The molecular formula is C34H39NO8. The van der Waals surface area contributed by atoms with Gasteiger partial charge in [0.1, 0.15) is 6.10 Å². The Bertz CT molecular complexity index is 1480. The molecule has 9 nitrogen and oxygen atoms in total. The van der Waals surface area contributed by atoms with Gasteiger partial charge in [-0.25, -0.2) is 4.79 Å². The minimum atomic E-state index is -0.725. The van der Waals surface area contributed by atoms with Gasteiger partial charge >= 0.3 is 5.97 Å². The minimum absolute atomic E-state index is 0.0698. The summed E-state index contributed by atoms with van der Waals surface area (Å²) in [4.78, 5) is 25.7. The van der Waals surface area contributed by atoms with Crippen LogP contribution in [0.25, 0.3) is 12.2 Å². The van der Waals surface area contributed by atoms with Crippen molar-refractivity contribution in [1.29, 1.82) is 0 Å². The predicted octanol–water partition coefficient (Wildman–Crippen LogP) is 5.78. The summed E-state index contributed by atoms with van der Waals surface area (Å²) in [5, 5.41) is 2.84. The third-order valence-corrected chi connectivity index (χ3v) is 6.84. The first kappa shape index (κ1) is 32.6. The number of hydrogen-bond donors (Lipinski definition) is 1. The average Bonchev–Trinajstić information content (AvgIpc) is 3.01. The zero-order valence-corrected chi connectivity index (χ0v) is 25.9. The Morgan fingerprint density at radius 1 is 0.674 bits per heavy atom. The molecule has 0 radical (unpaired) electrons. The Morgan fingerprint density at radius 3 is 1.79 bits per heavy atom. The zero-order valence-electron chi connectivity index (χ0n) is 25.9. The average molecular weight is 590 g/mol. The monoisotopic (exact) mass is 589 g/mol. The first-order valence-corrected chi connectivity index (χ1v) is 13.6. The zero-order chi connectivity index (χ0) is 31.5. The summed E-state index contributed by atoms with van der Waals surface area (Å²) < 4.78 is 32.7. The van der Waals surface area contributed by atoms with Crippen molar-refractivity contribution in [1.82, 2.24) is 5.32 Å². The van der Waals surface area contributed by atoms with E-state index >= 15 is 0 Å². The van der Waals surface area contributed by atoms with Crippen LogP contribution in [0.2, 0.25) is 0 Å². The van der Waals surface area contributed by atoms with E-state index in [9.17, 15) is 9.59 Å². The van der Waals surface area contributed by atoms with Gasteiger partial charge in [-0.1, -0.05) is 18.2 Å². The van der Waals surface area contributed by atoms with Crippen molar-refractivity contribution >= 4 is 24.0 Å². The molecule has 0 aliphatic heterocycles. The lowest BCUT2D eigenvalue weighted by atomic mass is 10.0. The fourth-order valence-electron chi connectivity index (χ4n) is 4.44. The van der Waals surface area contributed by atoms with Gasteiger partial charge in [0.15, 0.2) is 23.0 Å². The molecule has 1 N–H and O–H groups in total. The molecule has 0 saturated heterocycles. The lowest BCUT2D eigenvalue weighted by molar-refractivity contribution is -0.143. The molecule has 228 valence electrons. The number of nitrogens with one attached hydrogen (secondary N) is 1. The molecule has 0 bridgehead atoms. The summed E-state index contributed by atoms with van der Waals surface area (Å²) in [5.41, 5.74) is 5.22. The van der Waals surface area contributed by atoms with Crippen LogP contribution in [0.15, 0.2) is 54.6 Å². The molecule has 43 heavy (non-hydrogen) atoms. The van der Waals surface area contributed by atoms with Crippen LogP contribution >= 0.6 is 0 Å². The highest BCUT2D eigenvalue weighted by atomic mass is 16.5. The molecule has 0 aliphatic rings. The Labute approximate surface area is 253 Å². The Morgan fingerprint density at radius 2 is 1.23 bits per heavy atom. The fraction of sp³-hybridized carbons (Fsp3) is 0.294. The standard InChI is InChI=1S/C34H39NO8/c1-21-9-12-26(16-22(21)2)30(20-35-31(36)13-10-24-15-23(3)33(41-7)27(17-24)38-4)43-32(37)14-11-25-18-28(39-5)34(42-8)29(19-25)40-6/h9-19,30H,20H2,1-8H3,(H,35,36)/b13-10+,14-11+/t30-/m0/s1. The van der Waals surface area contributed by atoms with Gasteiger partial charge in [0.25, 0.3) is 0 Å². The molecule has 9 heteroatoms. The van der Waals surface area contributed by atoms with E-state index in [4.69, 9.17) is 28.4 Å². The summed E-state index contributed by atoms with van der Waals surface area (Å²) in [6.45, 7) is 5.95. The number of carbonyl (C=O) groups is 2. The lowest BCUT2D eigenvalue weighted by Crippen LogP contribution is -2.29. The van der Waals surface area contributed by atoms with E-state index < -0.39 is 12.1 Å². The van der Waals surface area contributed by atoms with E-state index in [0.29, 0.717) is 34.3 Å². The van der Waals surface area contributed by atoms with E-state index in [1.165, 1.54) is 33.5 Å². The second-order valence-corrected chi connectivity index (χ2v) is 9.71. The molecule has 0 saturated carbocycles. The first-order valence-electron chi connectivity index (χ1n) is 13.6. The number of hydrogen-bond acceptors (Lipinski definition) is 8. The van der Waals surface area contributed by atoms with Crippen molar-refractivity contribution in [3.63, 3.8) is 0 Å². The van der Waals surface area contributed by atoms with Gasteiger partial charge in [-0.3, -0.25) is 4.79 Å². The summed E-state index contributed by atoms with van der Waals surface area (Å²) >= 11 is 0. The van der Waals surface area contributed by atoms with E-state index in [1.54, 1.807) is 44.6 Å². The Balaban J connectivity index is 1.77. The van der Waals surface area contributed by atoms with E-state index in [-0.39, 0.29) is 12.5 Å². The van der Waals surface area contributed by atoms with Gasteiger partial charge in [-0.05, 0) is 90.6 Å². The Hall–Kier alpha value is -4.92. The highest BCUT2D eigenvalue weighted by Crippen LogP contribution is 2.38. The number of methoxy groups -OCH3 is 5. The maximum atomic E-state index is 12.9. The number of rotatable bonds is 13. The first-order chi connectivity index (χ1) is 20.6. The quantitative estimate of drug-likeness (QED) is 0.198. The molecule has 3 aromatic carbocycles. The number of amides is 1. The van der Waals surface area contributed by atoms with Gasteiger partial charge in [0.2, 0.25) is 11.7 Å². The van der Waals surface area contributed by atoms with Crippen molar-refractivity contribution in [3.8, 4) is 28.7 Å². The van der Waals surface area contributed by atoms with Crippen LogP contribution in [-0.2, 0) is 14.3 Å². The van der Waals surface area contributed by atoms with Crippen LogP contribution in [0.4, 0.5) is 0 Å². The van der Waals surface area contributed by atoms with Gasteiger partial charge in [-0.2, -0.15) is 0 Å². The van der Waals surface area contributed by atoms with E-state index in [2.05, 4.69) is 5.32 Å². The SMILES string of the molecule is COc1cc(/C=C/C(=O)NC[C@H](OC(=O)/C=C/c2cc(OC)c(OC)c(OC)c2)c2ccc(C)c(C)c2)cc(C)c1OC. The van der Waals surface area contributed by atoms with Gasteiger partial charge in [0.05, 0.1) is 42.1 Å². The maximum absolute atomic E-state index is 12.9. The molecule has 0 aliphatic carbocycles. The molecule has 3 rings (SSSR count). The summed E-state index contributed by atoms with van der Waals surface area (Å²) in [6, 6.07) is 12.9. The highest BCUT2D eigenvalue weighted by Gasteiger charge is 2.18. The van der Waals surface area contributed by atoms with Crippen molar-refractivity contribution in [2.24, 2.45) is 0 Å². The molecule has 1 amide bonds. The van der Waals surface area contributed by atoms with Crippen LogP contribution < -0.4 is 29.0 Å². The number of carbonyl (C=O) groups excluding carboxylic acids is 2. The van der Waals surface area contributed by atoms with Crippen molar-refractivity contribution in [2.45, 2.75) is 26.9 Å². The van der Waals surface area contributed by atoms with Crippen LogP contribution in [0.1, 0.15) is 39.5 Å². The fourth-order valence-corrected chi connectivity index (χ4v) is 4.44. The number of benzene rings is 3. The molecule has 0 fully saturated rings. The largest absolute Gasteiger partial charge is 0.493 e. The smallest absolute Gasteiger partial charge is 0.331 e. The molecule has 0 unspecified atom stereocenters. The van der Waals surface area contributed by atoms with Gasteiger partial charge in [0, 0.05) is 12.2 Å². The van der Waals surface area contributed by atoms with Crippen LogP contribution in [0.3, 0.4) is 0 Å². The molecule has 0 heterocycles. The van der Waals surface area contributed by atoms with Crippen LogP contribution in [0.5, 0.6) is 28.7 Å². The molecule has 0 aromatic heterocycles. The van der Waals surface area contributed by atoms with Crippen LogP contribution in [-0.4, -0.2) is 54.0 Å². The summed E-state index contributed by atoms with van der Waals surface area (Å²) in [6.07, 6.45) is 5.29. The van der Waals surface area contributed by atoms with Crippen molar-refractivity contribution in [3.05, 3.63) is 88.0 Å². The predicted molar refractivity (Wildman–Crippen MR) is 166 cm³/mol. The molecule has 0 spiro atoms. The molecular weight excluding hydrogens is 550 g/mol. The topological polar surface area (TPSA) is 102 Å². The van der Waals surface area contributed by atoms with Crippen LogP contribution in [0, 0.1) is 20.8 Å². The lowest BCUT2D eigenvalue weighted by Gasteiger charge is -2.19. The summed E-state index contributed by atoms with van der Waals surface area (Å²) in [5.74, 6) is 1.66. The highest BCUT2D eigenvalue weighted by molar-refractivity contribution is 5.92. The van der Waals surface area contributed by atoms with Gasteiger partial charge in [-0.15, -0.1) is 0 Å². The van der Waals surface area contributed by atoms with Crippen molar-refractivity contribution in [2.75, 3.05) is 42.1 Å². The third kappa shape index (κ3) is 8.54.